The van der Waals surface area contributed by atoms with Crippen molar-refractivity contribution in [1.29, 1.82) is 0 Å². The molecule has 0 amide bonds. The van der Waals surface area contributed by atoms with E-state index in [-0.39, 0.29) is 0 Å². The highest BCUT2D eigenvalue weighted by atomic mass is 35.5. The number of fused-ring (bicyclic) bond motifs is 1. The molecular formula is C11H10ClNO. The van der Waals surface area contributed by atoms with E-state index in [0.29, 0.717) is 10.8 Å². The molecule has 1 aromatic carbocycles. The van der Waals surface area contributed by atoms with Crippen LogP contribution in [0.4, 0.5) is 0 Å². The Morgan fingerprint density at radius 3 is 2.79 bits per heavy atom. The smallest absolute Gasteiger partial charge is 0.139 e. The standard InChI is InChI=1S/C11H10ClNO/c1-7-3-8-4-9(12)11(14-2)5-10(8)13-6-7/h3-6H,1-2H3. The Morgan fingerprint density at radius 2 is 2.07 bits per heavy atom. The van der Waals surface area contributed by atoms with E-state index >= 15 is 0 Å². The summed E-state index contributed by atoms with van der Waals surface area (Å²) in [7, 11) is 1.60. The second-order valence-electron chi connectivity index (χ2n) is 3.19. The van der Waals surface area contributed by atoms with Crippen molar-refractivity contribution in [3.8, 4) is 5.75 Å². The predicted octanol–water partition coefficient (Wildman–Crippen LogP) is 3.21. The Kier molecular flexibility index (Phi) is 2.30. The summed E-state index contributed by atoms with van der Waals surface area (Å²) in [5.41, 5.74) is 2.02. The molecule has 72 valence electrons. The molecule has 0 atom stereocenters. The minimum Gasteiger partial charge on any atom is -0.495 e. The summed E-state index contributed by atoms with van der Waals surface area (Å²) >= 11 is 6.00. The van der Waals surface area contributed by atoms with Gasteiger partial charge in [0.15, 0.2) is 0 Å². The molecule has 0 bridgehead atoms. The summed E-state index contributed by atoms with van der Waals surface area (Å²) in [6.07, 6.45) is 1.83. The van der Waals surface area contributed by atoms with E-state index in [9.17, 15) is 0 Å². The van der Waals surface area contributed by atoms with Crippen molar-refractivity contribution in [1.82, 2.24) is 4.98 Å². The molecule has 0 unspecified atom stereocenters. The molecule has 0 saturated heterocycles. The number of rotatable bonds is 1. The number of halogens is 1. The van der Waals surface area contributed by atoms with Crippen molar-refractivity contribution in [2.45, 2.75) is 6.92 Å². The lowest BCUT2D eigenvalue weighted by Crippen LogP contribution is -1.87. The zero-order valence-electron chi connectivity index (χ0n) is 8.04. The van der Waals surface area contributed by atoms with Gasteiger partial charge in [-0.3, -0.25) is 4.98 Å². The second-order valence-corrected chi connectivity index (χ2v) is 3.60. The number of benzene rings is 1. The van der Waals surface area contributed by atoms with Gasteiger partial charge >= 0.3 is 0 Å². The van der Waals surface area contributed by atoms with E-state index in [1.54, 1.807) is 7.11 Å². The third-order valence-electron chi connectivity index (χ3n) is 2.09. The largest absolute Gasteiger partial charge is 0.495 e. The molecule has 0 fully saturated rings. The van der Waals surface area contributed by atoms with Crippen LogP contribution in [0.2, 0.25) is 5.02 Å². The third-order valence-corrected chi connectivity index (χ3v) is 2.39. The number of aromatic nitrogens is 1. The molecule has 1 heterocycles. The summed E-state index contributed by atoms with van der Waals surface area (Å²) < 4.78 is 5.11. The highest BCUT2D eigenvalue weighted by molar-refractivity contribution is 6.32. The molecule has 0 spiro atoms. The molecule has 0 saturated carbocycles. The zero-order valence-corrected chi connectivity index (χ0v) is 8.80. The predicted molar refractivity (Wildman–Crippen MR) is 58.0 cm³/mol. The van der Waals surface area contributed by atoms with Crippen LogP contribution in [0.3, 0.4) is 0 Å². The number of methoxy groups -OCH3 is 1. The normalized spacial score (nSPS) is 10.5. The average Bonchev–Trinajstić information content (AvgIpc) is 2.16. The fourth-order valence-corrected chi connectivity index (χ4v) is 1.65. The topological polar surface area (TPSA) is 22.1 Å². The summed E-state index contributed by atoms with van der Waals surface area (Å²) in [5.74, 6) is 0.663. The van der Waals surface area contributed by atoms with Gasteiger partial charge in [0.05, 0.1) is 17.6 Å². The van der Waals surface area contributed by atoms with Crippen LogP contribution >= 0.6 is 11.6 Å². The van der Waals surface area contributed by atoms with E-state index < -0.39 is 0 Å². The molecule has 2 nitrogen and oxygen atoms in total. The highest BCUT2D eigenvalue weighted by Gasteiger charge is 2.03. The highest BCUT2D eigenvalue weighted by Crippen LogP contribution is 2.28. The third kappa shape index (κ3) is 1.53. The van der Waals surface area contributed by atoms with E-state index in [1.807, 2.05) is 31.3 Å². The summed E-state index contributed by atoms with van der Waals surface area (Å²) in [6.45, 7) is 2.00. The van der Waals surface area contributed by atoms with Crippen LogP contribution in [0, 0.1) is 6.92 Å². The fourth-order valence-electron chi connectivity index (χ4n) is 1.40. The monoisotopic (exact) mass is 207 g/mol. The van der Waals surface area contributed by atoms with Crippen LogP contribution < -0.4 is 4.74 Å². The van der Waals surface area contributed by atoms with Crippen molar-refractivity contribution in [3.63, 3.8) is 0 Å². The quantitative estimate of drug-likeness (QED) is 0.717. The Morgan fingerprint density at radius 1 is 1.29 bits per heavy atom. The zero-order chi connectivity index (χ0) is 10.1. The molecule has 0 aliphatic heterocycles. The van der Waals surface area contributed by atoms with Crippen LogP contribution in [0.15, 0.2) is 24.4 Å². The maximum absolute atomic E-state index is 6.00. The lowest BCUT2D eigenvalue weighted by atomic mass is 10.2. The number of nitrogens with zero attached hydrogens (tertiary/aromatic N) is 1. The number of hydrogen-bond donors (Lipinski definition) is 0. The number of pyridine rings is 1. The van der Waals surface area contributed by atoms with Gasteiger partial charge < -0.3 is 4.74 Å². The second kappa shape index (κ2) is 3.46. The van der Waals surface area contributed by atoms with Crippen molar-refractivity contribution < 1.29 is 4.74 Å². The number of ether oxygens (including phenoxy) is 1. The first kappa shape index (κ1) is 9.28. The average molecular weight is 208 g/mol. The molecule has 3 heteroatoms. The first-order valence-electron chi connectivity index (χ1n) is 4.30. The van der Waals surface area contributed by atoms with E-state index in [1.165, 1.54) is 0 Å². The van der Waals surface area contributed by atoms with E-state index in [4.69, 9.17) is 16.3 Å². The van der Waals surface area contributed by atoms with Gasteiger partial charge in [-0.25, -0.2) is 0 Å². The Bertz CT molecular complexity index is 482. The molecule has 14 heavy (non-hydrogen) atoms. The maximum Gasteiger partial charge on any atom is 0.139 e. The first-order chi connectivity index (χ1) is 6.70. The lowest BCUT2D eigenvalue weighted by molar-refractivity contribution is 0.415. The Balaban J connectivity index is 2.73. The molecule has 2 rings (SSSR count). The molecule has 0 radical (unpaired) electrons. The number of hydrogen-bond acceptors (Lipinski definition) is 2. The van der Waals surface area contributed by atoms with Gasteiger partial charge in [0.25, 0.3) is 0 Å². The summed E-state index contributed by atoms with van der Waals surface area (Å²) in [5, 5.41) is 1.66. The molecule has 2 aromatic rings. The fraction of sp³-hybridized carbons (Fsp3) is 0.182. The Hall–Kier alpha value is -1.28. The maximum atomic E-state index is 6.00. The van der Waals surface area contributed by atoms with Crippen LogP contribution in [0.5, 0.6) is 5.75 Å². The van der Waals surface area contributed by atoms with Crippen LogP contribution in [-0.2, 0) is 0 Å². The van der Waals surface area contributed by atoms with E-state index in [0.717, 1.165) is 16.5 Å². The summed E-state index contributed by atoms with van der Waals surface area (Å²) in [4.78, 5) is 4.29. The molecule has 0 aliphatic carbocycles. The molecule has 0 N–H and O–H groups in total. The van der Waals surface area contributed by atoms with E-state index in [2.05, 4.69) is 4.98 Å². The van der Waals surface area contributed by atoms with Gasteiger partial charge in [-0.15, -0.1) is 0 Å². The van der Waals surface area contributed by atoms with Crippen molar-refractivity contribution >= 4 is 22.5 Å². The van der Waals surface area contributed by atoms with Gasteiger partial charge in [-0.05, 0) is 24.6 Å². The first-order valence-corrected chi connectivity index (χ1v) is 4.68. The van der Waals surface area contributed by atoms with Crippen molar-refractivity contribution in [2.75, 3.05) is 7.11 Å². The van der Waals surface area contributed by atoms with Gasteiger partial charge in [0.1, 0.15) is 5.75 Å². The van der Waals surface area contributed by atoms with Crippen molar-refractivity contribution in [3.05, 3.63) is 35.0 Å². The van der Waals surface area contributed by atoms with Crippen LogP contribution in [-0.4, -0.2) is 12.1 Å². The van der Waals surface area contributed by atoms with Gasteiger partial charge in [-0.2, -0.15) is 0 Å². The number of aryl methyl sites for hydroxylation is 1. The Labute approximate surface area is 87.5 Å². The van der Waals surface area contributed by atoms with Gasteiger partial charge in [0, 0.05) is 17.6 Å². The SMILES string of the molecule is COc1cc2ncc(C)cc2cc1Cl. The van der Waals surface area contributed by atoms with Crippen LogP contribution in [0.25, 0.3) is 10.9 Å². The minimum atomic E-state index is 0.618. The minimum absolute atomic E-state index is 0.618. The van der Waals surface area contributed by atoms with Gasteiger partial charge in [0.2, 0.25) is 0 Å². The lowest BCUT2D eigenvalue weighted by Gasteiger charge is -2.05. The van der Waals surface area contributed by atoms with Crippen LogP contribution in [0.1, 0.15) is 5.56 Å². The van der Waals surface area contributed by atoms with Gasteiger partial charge in [-0.1, -0.05) is 11.6 Å². The summed E-state index contributed by atoms with van der Waals surface area (Å²) in [6, 6.07) is 5.76. The molecule has 0 aliphatic rings. The molecule has 1 aromatic heterocycles. The van der Waals surface area contributed by atoms with Crippen molar-refractivity contribution in [2.24, 2.45) is 0 Å². The molecular weight excluding hydrogens is 198 g/mol.